The maximum absolute atomic E-state index is 12.8. The largest absolute Gasteiger partial charge is 0.454 e. The molecule has 0 spiro atoms. The van der Waals surface area contributed by atoms with Crippen molar-refractivity contribution in [1.29, 1.82) is 0 Å². The van der Waals surface area contributed by atoms with Gasteiger partial charge in [-0.05, 0) is 37.6 Å². The first kappa shape index (κ1) is 21.0. The van der Waals surface area contributed by atoms with Crippen LogP contribution in [0.3, 0.4) is 0 Å². The van der Waals surface area contributed by atoms with Crippen molar-refractivity contribution < 1.29 is 13.7 Å². The van der Waals surface area contributed by atoms with Gasteiger partial charge in [0.2, 0.25) is 5.88 Å². The molecule has 0 aliphatic carbocycles. The van der Waals surface area contributed by atoms with E-state index >= 15 is 0 Å². The number of hydrogen-bond donors (Lipinski definition) is 2. The van der Waals surface area contributed by atoms with E-state index in [0.29, 0.717) is 16.5 Å². The van der Waals surface area contributed by atoms with E-state index in [4.69, 9.17) is 26.3 Å². The molecule has 3 aromatic rings. The molecule has 3 rings (SSSR count). The van der Waals surface area contributed by atoms with Crippen LogP contribution in [0.1, 0.15) is 56.3 Å². The lowest BCUT2D eigenvalue weighted by Gasteiger charge is -2.13. The number of benzene rings is 1. The number of nitrogens with zero attached hydrogens (tertiary/aromatic N) is 1. The average molecular weight is 416 g/mol. The summed E-state index contributed by atoms with van der Waals surface area (Å²) in [4.78, 5) is 12.8. The number of rotatable bonds is 9. The summed E-state index contributed by atoms with van der Waals surface area (Å²) in [5.41, 5.74) is 7.19. The Bertz CT molecular complexity index is 964. The second-order valence-corrected chi connectivity index (χ2v) is 7.60. The van der Waals surface area contributed by atoms with Crippen LogP contribution in [-0.4, -0.2) is 17.1 Å². The van der Waals surface area contributed by atoms with Crippen LogP contribution in [0.4, 0.5) is 5.88 Å². The molecule has 0 radical (unpaired) electrons. The molecule has 0 fully saturated rings. The minimum Gasteiger partial charge on any atom is -0.454 e. The van der Waals surface area contributed by atoms with Gasteiger partial charge in [0.05, 0.1) is 0 Å². The molecule has 2 heterocycles. The summed E-state index contributed by atoms with van der Waals surface area (Å²) in [6, 6.07) is 10.9. The molecular weight excluding hydrogens is 390 g/mol. The number of anilines is 1. The van der Waals surface area contributed by atoms with Crippen LogP contribution in [0.5, 0.6) is 0 Å². The van der Waals surface area contributed by atoms with Crippen molar-refractivity contribution in [2.45, 2.75) is 52.0 Å². The summed E-state index contributed by atoms with van der Waals surface area (Å²) in [5, 5.41) is 7.53. The van der Waals surface area contributed by atoms with Gasteiger partial charge < -0.3 is 20.0 Å². The van der Waals surface area contributed by atoms with Crippen LogP contribution in [0.2, 0.25) is 5.02 Å². The van der Waals surface area contributed by atoms with Crippen molar-refractivity contribution in [1.82, 2.24) is 10.5 Å². The Kier molecular flexibility index (Phi) is 6.99. The van der Waals surface area contributed by atoms with Crippen molar-refractivity contribution in [3.63, 3.8) is 0 Å². The average Bonchev–Trinajstić information content (AvgIpc) is 3.32. The highest BCUT2D eigenvalue weighted by Crippen LogP contribution is 2.32. The van der Waals surface area contributed by atoms with Gasteiger partial charge in [0.1, 0.15) is 11.3 Å². The molecule has 0 saturated heterocycles. The molecule has 154 valence electrons. The summed E-state index contributed by atoms with van der Waals surface area (Å²) in [5.74, 6) is 0.666. The molecule has 7 heteroatoms. The molecule has 1 amide bonds. The molecular formula is C22H26ClN3O3. The van der Waals surface area contributed by atoms with Crippen molar-refractivity contribution in [3.05, 3.63) is 47.0 Å². The lowest BCUT2D eigenvalue weighted by molar-refractivity contribution is 0.0939. The quantitative estimate of drug-likeness (QED) is 0.422. The van der Waals surface area contributed by atoms with Gasteiger partial charge in [-0.15, -0.1) is 0 Å². The number of amides is 1. The Labute approximate surface area is 175 Å². The highest BCUT2D eigenvalue weighted by Gasteiger charge is 2.25. The van der Waals surface area contributed by atoms with Crippen LogP contribution in [0.25, 0.3) is 22.8 Å². The van der Waals surface area contributed by atoms with Gasteiger partial charge in [-0.2, -0.15) is 0 Å². The molecule has 6 nitrogen and oxygen atoms in total. The zero-order valence-corrected chi connectivity index (χ0v) is 17.5. The Balaban J connectivity index is 1.75. The lowest BCUT2D eigenvalue weighted by Crippen LogP contribution is -2.33. The monoisotopic (exact) mass is 415 g/mol. The Hall–Kier alpha value is -2.73. The second-order valence-electron chi connectivity index (χ2n) is 7.17. The zero-order chi connectivity index (χ0) is 20.8. The maximum Gasteiger partial charge on any atom is 0.259 e. The number of unbranched alkanes of at least 4 members (excludes halogenated alkanes) is 3. The molecule has 1 aromatic carbocycles. The van der Waals surface area contributed by atoms with Gasteiger partial charge in [-0.1, -0.05) is 61.5 Å². The SMILES string of the molecule is CCCCCCC(C)NC(=O)c1c(-c2ccc(-c3cccc(Cl)c3)o2)noc1N. The Morgan fingerprint density at radius 3 is 2.76 bits per heavy atom. The molecule has 1 unspecified atom stereocenters. The fourth-order valence-corrected chi connectivity index (χ4v) is 3.39. The first-order chi connectivity index (χ1) is 14.0. The fraction of sp³-hybridized carbons (Fsp3) is 0.364. The van der Waals surface area contributed by atoms with Gasteiger partial charge in [0, 0.05) is 16.6 Å². The van der Waals surface area contributed by atoms with E-state index in [0.717, 1.165) is 24.8 Å². The highest BCUT2D eigenvalue weighted by atomic mass is 35.5. The number of nitrogen functional groups attached to an aromatic ring is 1. The van der Waals surface area contributed by atoms with E-state index in [1.54, 1.807) is 24.3 Å². The molecule has 1 atom stereocenters. The maximum atomic E-state index is 12.8. The van der Waals surface area contributed by atoms with E-state index in [-0.39, 0.29) is 29.1 Å². The van der Waals surface area contributed by atoms with Gasteiger partial charge in [0.15, 0.2) is 11.5 Å². The normalized spacial score (nSPS) is 12.1. The number of halogens is 1. The summed E-state index contributed by atoms with van der Waals surface area (Å²) in [6.45, 7) is 4.16. The third-order valence-electron chi connectivity index (χ3n) is 4.76. The van der Waals surface area contributed by atoms with Crippen molar-refractivity contribution in [2.24, 2.45) is 0 Å². The van der Waals surface area contributed by atoms with E-state index in [9.17, 15) is 4.79 Å². The number of carbonyl (C=O) groups excluding carboxylic acids is 1. The van der Waals surface area contributed by atoms with E-state index < -0.39 is 0 Å². The Morgan fingerprint density at radius 2 is 2.00 bits per heavy atom. The lowest BCUT2D eigenvalue weighted by atomic mass is 10.1. The summed E-state index contributed by atoms with van der Waals surface area (Å²) < 4.78 is 11.0. The molecule has 0 aliphatic heterocycles. The van der Waals surface area contributed by atoms with Crippen molar-refractivity contribution in [3.8, 4) is 22.8 Å². The summed E-state index contributed by atoms with van der Waals surface area (Å²) in [6.07, 6.45) is 5.53. The van der Waals surface area contributed by atoms with Crippen LogP contribution in [0.15, 0.2) is 45.3 Å². The Morgan fingerprint density at radius 1 is 1.21 bits per heavy atom. The molecule has 3 N–H and O–H groups in total. The van der Waals surface area contributed by atoms with Crippen LogP contribution >= 0.6 is 11.6 Å². The number of furan rings is 1. The van der Waals surface area contributed by atoms with Crippen molar-refractivity contribution in [2.75, 3.05) is 5.73 Å². The van der Waals surface area contributed by atoms with Gasteiger partial charge in [-0.25, -0.2) is 0 Å². The summed E-state index contributed by atoms with van der Waals surface area (Å²) in [7, 11) is 0. The minimum atomic E-state index is -0.317. The minimum absolute atomic E-state index is 0.0279. The third kappa shape index (κ3) is 5.21. The first-order valence-electron chi connectivity index (χ1n) is 9.91. The number of hydrogen-bond acceptors (Lipinski definition) is 5. The smallest absolute Gasteiger partial charge is 0.259 e. The molecule has 0 aliphatic rings. The fourth-order valence-electron chi connectivity index (χ4n) is 3.20. The van der Waals surface area contributed by atoms with Crippen LogP contribution < -0.4 is 11.1 Å². The zero-order valence-electron chi connectivity index (χ0n) is 16.7. The third-order valence-corrected chi connectivity index (χ3v) is 5.00. The number of carbonyl (C=O) groups is 1. The first-order valence-corrected chi connectivity index (χ1v) is 10.3. The van der Waals surface area contributed by atoms with Gasteiger partial charge in [0.25, 0.3) is 5.91 Å². The van der Waals surface area contributed by atoms with E-state index in [2.05, 4.69) is 17.4 Å². The number of aromatic nitrogens is 1. The molecule has 0 saturated carbocycles. The highest BCUT2D eigenvalue weighted by molar-refractivity contribution is 6.30. The van der Waals surface area contributed by atoms with Gasteiger partial charge in [-0.3, -0.25) is 4.79 Å². The second kappa shape index (κ2) is 9.65. The molecule has 2 aromatic heterocycles. The predicted octanol–water partition coefficient (Wildman–Crippen LogP) is 5.93. The number of nitrogens with one attached hydrogen (secondary N) is 1. The van der Waals surface area contributed by atoms with Crippen LogP contribution in [0, 0.1) is 0 Å². The molecule has 0 bridgehead atoms. The predicted molar refractivity (Wildman–Crippen MR) is 115 cm³/mol. The van der Waals surface area contributed by atoms with Crippen molar-refractivity contribution >= 4 is 23.4 Å². The van der Waals surface area contributed by atoms with E-state index in [1.807, 2.05) is 19.1 Å². The summed E-state index contributed by atoms with van der Waals surface area (Å²) >= 11 is 6.05. The van der Waals surface area contributed by atoms with Gasteiger partial charge >= 0.3 is 0 Å². The standard InChI is InChI=1S/C22H26ClN3O3/c1-3-4-5-6-8-14(2)25-22(27)19-20(26-29-21(19)24)18-12-11-17(28-18)15-9-7-10-16(23)13-15/h7,9-14H,3-6,8,24H2,1-2H3,(H,25,27). The topological polar surface area (TPSA) is 94.3 Å². The number of nitrogens with two attached hydrogens (primary N) is 1. The van der Waals surface area contributed by atoms with E-state index in [1.165, 1.54) is 12.8 Å². The molecule has 29 heavy (non-hydrogen) atoms. The van der Waals surface area contributed by atoms with Crippen LogP contribution in [-0.2, 0) is 0 Å².